The first kappa shape index (κ1) is 24.1. The molecular formula is C32H34ClN. The summed E-state index contributed by atoms with van der Waals surface area (Å²) in [5.41, 5.74) is 8.41. The third-order valence-corrected chi connectivity index (χ3v) is 6.50. The topological polar surface area (TPSA) is 3.24 Å². The lowest BCUT2D eigenvalue weighted by atomic mass is 9.86. The molecule has 0 bridgehead atoms. The number of hydrogen-bond donors (Lipinski definition) is 0. The minimum atomic E-state index is 0.100. The van der Waals surface area contributed by atoms with E-state index >= 15 is 0 Å². The molecule has 0 fully saturated rings. The smallest absolute Gasteiger partial charge is 0.0554 e. The van der Waals surface area contributed by atoms with Crippen molar-refractivity contribution in [3.8, 4) is 11.1 Å². The quantitative estimate of drug-likeness (QED) is 0.288. The third kappa shape index (κ3) is 5.21. The van der Waals surface area contributed by atoms with Crippen molar-refractivity contribution in [1.82, 2.24) is 0 Å². The van der Waals surface area contributed by atoms with Crippen molar-refractivity contribution in [2.24, 2.45) is 0 Å². The highest BCUT2D eigenvalue weighted by Gasteiger charge is 2.21. The van der Waals surface area contributed by atoms with Crippen LogP contribution in [0.25, 0.3) is 11.1 Å². The summed E-state index contributed by atoms with van der Waals surface area (Å²) < 4.78 is 0. The van der Waals surface area contributed by atoms with Crippen molar-refractivity contribution in [1.29, 1.82) is 0 Å². The Bertz CT molecular complexity index is 1180. The van der Waals surface area contributed by atoms with Gasteiger partial charge in [-0.1, -0.05) is 114 Å². The molecule has 0 amide bonds. The van der Waals surface area contributed by atoms with E-state index in [1.807, 2.05) is 12.1 Å². The van der Waals surface area contributed by atoms with Crippen molar-refractivity contribution < 1.29 is 0 Å². The van der Waals surface area contributed by atoms with E-state index < -0.39 is 0 Å². The highest BCUT2D eigenvalue weighted by atomic mass is 35.5. The van der Waals surface area contributed by atoms with Crippen LogP contribution < -0.4 is 4.90 Å². The first-order valence-electron chi connectivity index (χ1n) is 11.9. The van der Waals surface area contributed by atoms with E-state index in [1.165, 1.54) is 11.1 Å². The minimum Gasteiger partial charge on any atom is -0.310 e. The molecule has 1 nitrogen and oxygen atoms in total. The lowest BCUT2D eigenvalue weighted by molar-refractivity contribution is 0.590. The molecule has 0 spiro atoms. The Morgan fingerprint density at radius 2 is 1.03 bits per heavy atom. The molecule has 0 saturated heterocycles. The lowest BCUT2D eigenvalue weighted by Crippen LogP contribution is -2.15. The van der Waals surface area contributed by atoms with Gasteiger partial charge in [0.25, 0.3) is 0 Å². The summed E-state index contributed by atoms with van der Waals surface area (Å²) in [4.78, 5) is 2.31. The van der Waals surface area contributed by atoms with Gasteiger partial charge in [-0.05, 0) is 63.9 Å². The van der Waals surface area contributed by atoms with E-state index in [0.717, 1.165) is 33.2 Å². The molecule has 2 heteroatoms. The van der Waals surface area contributed by atoms with Crippen LogP contribution in [-0.2, 0) is 10.8 Å². The molecular weight excluding hydrogens is 434 g/mol. The first-order chi connectivity index (χ1) is 16.0. The van der Waals surface area contributed by atoms with Gasteiger partial charge >= 0.3 is 0 Å². The van der Waals surface area contributed by atoms with Gasteiger partial charge < -0.3 is 4.90 Å². The van der Waals surface area contributed by atoms with Gasteiger partial charge in [0.2, 0.25) is 0 Å². The summed E-state index contributed by atoms with van der Waals surface area (Å²) in [7, 11) is 0. The predicted molar refractivity (Wildman–Crippen MR) is 149 cm³/mol. The normalized spacial score (nSPS) is 12.0. The summed E-state index contributed by atoms with van der Waals surface area (Å²) >= 11 is 6.57. The maximum atomic E-state index is 6.57. The fourth-order valence-electron chi connectivity index (χ4n) is 4.20. The standard InChI is InChI=1S/C32H34ClN/c1-31(2,3)24-12-17-27(18-13-24)34(28-19-14-25(15-20-28)32(4,5)6)30-22-26(33)16-21-29(30)23-10-8-7-9-11-23/h7-22H,1-6H3. The SMILES string of the molecule is CC(C)(C)c1ccc(N(c2ccc(C(C)(C)C)cc2)c2cc(Cl)ccc2-c2ccccc2)cc1. The highest BCUT2D eigenvalue weighted by Crippen LogP contribution is 2.42. The van der Waals surface area contributed by atoms with Crippen LogP contribution in [0.15, 0.2) is 97.1 Å². The van der Waals surface area contributed by atoms with Gasteiger partial charge in [-0.2, -0.15) is 0 Å². The summed E-state index contributed by atoms with van der Waals surface area (Å²) in [5.74, 6) is 0. The number of halogens is 1. The molecule has 4 aromatic rings. The average Bonchev–Trinajstić information content (AvgIpc) is 2.80. The predicted octanol–water partition coefficient (Wildman–Crippen LogP) is 10.1. The Kier molecular flexibility index (Phi) is 6.60. The van der Waals surface area contributed by atoms with E-state index in [0.29, 0.717) is 0 Å². The highest BCUT2D eigenvalue weighted by molar-refractivity contribution is 6.31. The van der Waals surface area contributed by atoms with Gasteiger partial charge in [0.1, 0.15) is 0 Å². The van der Waals surface area contributed by atoms with Gasteiger partial charge in [0, 0.05) is 22.0 Å². The van der Waals surface area contributed by atoms with Crippen LogP contribution in [0.1, 0.15) is 52.7 Å². The maximum Gasteiger partial charge on any atom is 0.0554 e. The molecule has 0 saturated carbocycles. The summed E-state index contributed by atoms with van der Waals surface area (Å²) in [5, 5.41) is 0.720. The Morgan fingerprint density at radius 3 is 1.47 bits per heavy atom. The summed E-state index contributed by atoms with van der Waals surface area (Å²) in [6, 6.07) is 34.5. The number of anilines is 3. The second-order valence-corrected chi connectivity index (χ2v) is 11.4. The van der Waals surface area contributed by atoms with E-state index in [1.54, 1.807) is 0 Å². The van der Waals surface area contributed by atoms with Gasteiger partial charge in [0.15, 0.2) is 0 Å². The van der Waals surface area contributed by atoms with Crippen LogP contribution >= 0.6 is 11.6 Å². The summed E-state index contributed by atoms with van der Waals surface area (Å²) in [6.45, 7) is 13.5. The zero-order chi connectivity index (χ0) is 24.5. The number of hydrogen-bond acceptors (Lipinski definition) is 1. The molecule has 34 heavy (non-hydrogen) atoms. The van der Waals surface area contributed by atoms with Gasteiger partial charge in [-0.15, -0.1) is 0 Å². The molecule has 4 aromatic carbocycles. The van der Waals surface area contributed by atoms with Crippen molar-refractivity contribution in [3.63, 3.8) is 0 Å². The van der Waals surface area contributed by atoms with Crippen molar-refractivity contribution in [3.05, 3.63) is 113 Å². The molecule has 0 aliphatic rings. The fraction of sp³-hybridized carbons (Fsp3) is 0.250. The zero-order valence-electron chi connectivity index (χ0n) is 21.1. The Balaban J connectivity index is 1.92. The molecule has 0 aromatic heterocycles. The Labute approximate surface area is 210 Å². The minimum absolute atomic E-state index is 0.100. The molecule has 0 heterocycles. The van der Waals surface area contributed by atoms with Crippen LogP contribution in [0.5, 0.6) is 0 Å². The van der Waals surface area contributed by atoms with Crippen LogP contribution in [0.2, 0.25) is 5.02 Å². The van der Waals surface area contributed by atoms with Crippen LogP contribution in [-0.4, -0.2) is 0 Å². The number of rotatable bonds is 4. The second kappa shape index (κ2) is 9.31. The molecule has 0 radical (unpaired) electrons. The monoisotopic (exact) mass is 467 g/mol. The lowest BCUT2D eigenvalue weighted by Gasteiger charge is -2.30. The van der Waals surface area contributed by atoms with E-state index in [-0.39, 0.29) is 10.8 Å². The molecule has 0 aliphatic heterocycles. The molecule has 4 rings (SSSR count). The molecule has 0 N–H and O–H groups in total. The van der Waals surface area contributed by atoms with Gasteiger partial charge in [0.05, 0.1) is 5.69 Å². The van der Waals surface area contributed by atoms with Crippen molar-refractivity contribution in [2.75, 3.05) is 4.90 Å². The van der Waals surface area contributed by atoms with Gasteiger partial charge in [-0.3, -0.25) is 0 Å². The van der Waals surface area contributed by atoms with Crippen LogP contribution in [0, 0.1) is 0 Å². The van der Waals surface area contributed by atoms with E-state index in [4.69, 9.17) is 11.6 Å². The van der Waals surface area contributed by atoms with Gasteiger partial charge in [-0.25, -0.2) is 0 Å². The Morgan fingerprint density at radius 1 is 0.559 bits per heavy atom. The summed E-state index contributed by atoms with van der Waals surface area (Å²) in [6.07, 6.45) is 0. The van der Waals surface area contributed by atoms with Crippen molar-refractivity contribution >= 4 is 28.7 Å². The first-order valence-corrected chi connectivity index (χ1v) is 12.3. The number of benzene rings is 4. The average molecular weight is 468 g/mol. The third-order valence-electron chi connectivity index (χ3n) is 6.27. The Hall–Kier alpha value is -3.03. The fourth-order valence-corrected chi connectivity index (χ4v) is 4.37. The molecule has 0 atom stereocenters. The van der Waals surface area contributed by atoms with E-state index in [9.17, 15) is 0 Å². The molecule has 0 aliphatic carbocycles. The van der Waals surface area contributed by atoms with Crippen molar-refractivity contribution in [2.45, 2.75) is 52.4 Å². The molecule has 0 unspecified atom stereocenters. The maximum absolute atomic E-state index is 6.57. The van der Waals surface area contributed by atoms with Crippen LogP contribution in [0.4, 0.5) is 17.1 Å². The molecule has 174 valence electrons. The largest absolute Gasteiger partial charge is 0.310 e. The van der Waals surface area contributed by atoms with Crippen LogP contribution in [0.3, 0.4) is 0 Å². The van der Waals surface area contributed by atoms with E-state index in [2.05, 4.69) is 131 Å². The number of nitrogens with zero attached hydrogens (tertiary/aromatic N) is 1. The second-order valence-electron chi connectivity index (χ2n) is 11.0. The zero-order valence-corrected chi connectivity index (χ0v) is 21.8.